The molecule has 0 bridgehead atoms. The molecule has 1 aromatic carbocycles. The van der Waals surface area contributed by atoms with Crippen LogP contribution >= 0.6 is 23.6 Å². The third kappa shape index (κ3) is 2.66. The molecule has 0 aromatic heterocycles. The molecule has 0 spiro atoms. The molecule has 2 N–H and O–H groups in total. The Morgan fingerprint density at radius 1 is 1.50 bits per heavy atom. The lowest BCUT2D eigenvalue weighted by atomic mass is 10.2. The van der Waals surface area contributed by atoms with Gasteiger partial charge in [-0.05, 0) is 30.7 Å². The Kier molecular flexibility index (Phi) is 3.84. The Hall–Kier alpha value is -0.260. The number of halogens is 1. The molecule has 0 heterocycles. The summed E-state index contributed by atoms with van der Waals surface area (Å²) in [5, 5.41) is 0.700. The van der Waals surface area contributed by atoms with Gasteiger partial charge < -0.3 is 0 Å². The summed E-state index contributed by atoms with van der Waals surface area (Å²) in [6, 6.07) is 5.45. The first kappa shape index (κ1) is 9.83. The lowest BCUT2D eigenvalue weighted by Gasteiger charge is -2.02. The first-order valence-electron chi connectivity index (χ1n) is 3.20. The second kappa shape index (κ2) is 4.69. The Morgan fingerprint density at radius 3 is 2.83 bits per heavy atom. The fourth-order valence-corrected chi connectivity index (χ4v) is 1.42. The predicted molar refractivity (Wildman–Crippen MR) is 48.4 cm³/mol. The average Bonchev–Trinajstić information content (AvgIpc) is 2.03. The molecule has 0 radical (unpaired) electrons. The lowest BCUT2D eigenvalue weighted by Crippen LogP contribution is -1.94. The molecule has 0 unspecified atom stereocenters. The SMILES string of the molecule is Cc1cc(Cl)ccc1SOON. The van der Waals surface area contributed by atoms with Crippen molar-refractivity contribution in [3.8, 4) is 0 Å². The van der Waals surface area contributed by atoms with Gasteiger partial charge in [0.05, 0.1) is 12.0 Å². The smallest absolute Gasteiger partial charge is 0.0705 e. The van der Waals surface area contributed by atoms with Crippen molar-refractivity contribution in [2.45, 2.75) is 11.8 Å². The molecule has 0 aliphatic carbocycles. The highest BCUT2D eigenvalue weighted by Gasteiger charge is 2.00. The van der Waals surface area contributed by atoms with Crippen LogP contribution in [0, 0.1) is 6.92 Å². The summed E-state index contributed by atoms with van der Waals surface area (Å²) in [5.41, 5.74) is 1.02. The van der Waals surface area contributed by atoms with E-state index in [9.17, 15) is 0 Å². The van der Waals surface area contributed by atoms with Crippen molar-refractivity contribution in [2.75, 3.05) is 0 Å². The van der Waals surface area contributed by atoms with Crippen molar-refractivity contribution in [1.29, 1.82) is 0 Å². The fraction of sp³-hybridized carbons (Fsp3) is 0.143. The lowest BCUT2D eigenvalue weighted by molar-refractivity contribution is -0.195. The molecular weight excluding hydrogens is 198 g/mol. The number of hydrogen-bond acceptors (Lipinski definition) is 4. The summed E-state index contributed by atoms with van der Waals surface area (Å²) in [6.45, 7) is 1.92. The minimum absolute atomic E-state index is 0.700. The largest absolute Gasteiger partial charge is 0.182 e. The van der Waals surface area contributed by atoms with E-state index in [4.69, 9.17) is 11.6 Å². The number of rotatable bonds is 3. The van der Waals surface area contributed by atoms with Gasteiger partial charge in [0.2, 0.25) is 0 Å². The normalized spacial score (nSPS) is 10.2. The van der Waals surface area contributed by atoms with E-state index < -0.39 is 0 Å². The van der Waals surface area contributed by atoms with Gasteiger partial charge in [-0.15, -0.1) is 9.32 Å². The first-order chi connectivity index (χ1) is 5.74. The summed E-state index contributed by atoms with van der Waals surface area (Å²) in [5.74, 6) is 4.69. The maximum atomic E-state index is 5.74. The van der Waals surface area contributed by atoms with Crippen LogP contribution in [0.3, 0.4) is 0 Å². The van der Waals surface area contributed by atoms with Crippen LogP contribution in [0.5, 0.6) is 0 Å². The molecule has 0 saturated carbocycles. The maximum Gasteiger partial charge on any atom is 0.0705 e. The van der Waals surface area contributed by atoms with Crippen LogP contribution in [0.2, 0.25) is 5.02 Å². The molecule has 0 aliphatic heterocycles. The zero-order chi connectivity index (χ0) is 8.97. The van der Waals surface area contributed by atoms with Gasteiger partial charge in [0.1, 0.15) is 0 Å². The van der Waals surface area contributed by atoms with Crippen LogP contribution in [0.1, 0.15) is 5.56 Å². The first-order valence-corrected chi connectivity index (χ1v) is 4.32. The van der Waals surface area contributed by atoms with Gasteiger partial charge in [0.15, 0.2) is 0 Å². The van der Waals surface area contributed by atoms with E-state index in [2.05, 4.69) is 15.2 Å². The topological polar surface area (TPSA) is 44.5 Å². The highest BCUT2D eigenvalue weighted by atomic mass is 35.5. The molecule has 5 heteroatoms. The van der Waals surface area contributed by atoms with Crippen LogP contribution in [0.15, 0.2) is 23.1 Å². The van der Waals surface area contributed by atoms with Crippen LogP contribution in [0.25, 0.3) is 0 Å². The zero-order valence-corrected chi connectivity index (χ0v) is 7.98. The van der Waals surface area contributed by atoms with E-state index in [0.717, 1.165) is 22.5 Å². The zero-order valence-electron chi connectivity index (χ0n) is 6.41. The van der Waals surface area contributed by atoms with Crippen LogP contribution in [-0.4, -0.2) is 0 Å². The molecule has 0 fully saturated rings. The molecule has 0 saturated heterocycles. The monoisotopic (exact) mass is 205 g/mol. The predicted octanol–water partition coefficient (Wildman–Crippen LogP) is 2.48. The van der Waals surface area contributed by atoms with E-state index in [0.29, 0.717) is 5.02 Å². The van der Waals surface area contributed by atoms with Gasteiger partial charge >= 0.3 is 0 Å². The van der Waals surface area contributed by atoms with E-state index in [1.54, 1.807) is 6.07 Å². The number of aryl methyl sites for hydroxylation is 1. The standard InChI is InChI=1S/C7H8ClNO2S/c1-5-4-6(8)2-3-7(5)12-11-10-9/h2-4H,9H2,1H3. The number of hydrogen-bond donors (Lipinski definition) is 1. The molecule has 0 aliphatic rings. The highest BCUT2D eigenvalue weighted by molar-refractivity contribution is 7.94. The van der Waals surface area contributed by atoms with E-state index in [1.165, 1.54) is 0 Å². The van der Waals surface area contributed by atoms with E-state index in [-0.39, 0.29) is 0 Å². The van der Waals surface area contributed by atoms with E-state index in [1.807, 2.05) is 19.1 Å². The van der Waals surface area contributed by atoms with Crippen molar-refractivity contribution in [3.05, 3.63) is 28.8 Å². The molecule has 1 aromatic rings. The minimum Gasteiger partial charge on any atom is -0.182 e. The molecule has 0 amide bonds. The number of benzene rings is 1. The van der Waals surface area contributed by atoms with Gasteiger partial charge in [0.25, 0.3) is 0 Å². The second-order valence-corrected chi connectivity index (χ2v) is 3.34. The second-order valence-electron chi connectivity index (χ2n) is 2.16. The average molecular weight is 206 g/mol. The Morgan fingerprint density at radius 2 is 2.25 bits per heavy atom. The summed E-state index contributed by atoms with van der Waals surface area (Å²) in [4.78, 5) is 4.88. The minimum atomic E-state index is 0.700. The molecule has 3 nitrogen and oxygen atoms in total. The van der Waals surface area contributed by atoms with Gasteiger partial charge in [-0.3, -0.25) is 0 Å². The van der Waals surface area contributed by atoms with Gasteiger partial charge in [-0.2, -0.15) is 5.90 Å². The summed E-state index contributed by atoms with van der Waals surface area (Å²) in [7, 11) is 0. The Labute approximate surface area is 79.9 Å². The highest BCUT2D eigenvalue weighted by Crippen LogP contribution is 2.25. The fourth-order valence-electron chi connectivity index (χ4n) is 0.763. The maximum absolute atomic E-state index is 5.74. The van der Waals surface area contributed by atoms with Gasteiger partial charge in [-0.25, -0.2) is 0 Å². The van der Waals surface area contributed by atoms with Gasteiger partial charge in [0, 0.05) is 9.92 Å². The summed E-state index contributed by atoms with van der Waals surface area (Å²) < 4.78 is 4.49. The van der Waals surface area contributed by atoms with Crippen molar-refractivity contribution in [2.24, 2.45) is 5.90 Å². The molecule has 12 heavy (non-hydrogen) atoms. The van der Waals surface area contributed by atoms with Crippen LogP contribution < -0.4 is 5.90 Å². The third-order valence-electron chi connectivity index (χ3n) is 1.30. The number of nitrogens with two attached hydrogens (primary N) is 1. The molecule has 66 valence electrons. The van der Waals surface area contributed by atoms with Crippen LogP contribution in [0.4, 0.5) is 0 Å². The van der Waals surface area contributed by atoms with Crippen LogP contribution in [-0.2, 0) is 9.32 Å². The van der Waals surface area contributed by atoms with Crippen molar-refractivity contribution < 1.29 is 9.32 Å². The van der Waals surface area contributed by atoms with Gasteiger partial charge in [-0.1, -0.05) is 11.6 Å². The molecule has 0 atom stereocenters. The third-order valence-corrected chi connectivity index (χ3v) is 2.32. The quantitative estimate of drug-likeness (QED) is 0.468. The Balaban J connectivity index is 2.72. The molecule has 1 rings (SSSR count). The van der Waals surface area contributed by atoms with E-state index >= 15 is 0 Å². The Bertz CT molecular complexity index is 270. The van der Waals surface area contributed by atoms with Crippen molar-refractivity contribution >= 4 is 23.6 Å². The van der Waals surface area contributed by atoms with Crippen molar-refractivity contribution in [1.82, 2.24) is 0 Å². The molecular formula is C7H8ClNO2S. The summed E-state index contributed by atoms with van der Waals surface area (Å²) >= 11 is 6.79. The summed E-state index contributed by atoms with van der Waals surface area (Å²) in [6.07, 6.45) is 0. The van der Waals surface area contributed by atoms with Crippen molar-refractivity contribution in [3.63, 3.8) is 0 Å².